The number of nitrogens with one attached hydrogen (secondary N) is 1. The Morgan fingerprint density at radius 1 is 1.22 bits per heavy atom. The van der Waals surface area contributed by atoms with E-state index in [0.29, 0.717) is 22.5 Å². The van der Waals surface area contributed by atoms with E-state index in [1.165, 1.54) is 6.07 Å². The molecule has 0 amide bonds. The Morgan fingerprint density at radius 2 is 2.06 bits per heavy atom. The highest BCUT2D eigenvalue weighted by atomic mass is 19.1. The van der Waals surface area contributed by atoms with Crippen LogP contribution in [0.1, 0.15) is 5.56 Å². The number of nitrogens with zero attached hydrogens (tertiary/aromatic N) is 1. The van der Waals surface area contributed by atoms with Gasteiger partial charge in [-0.05, 0) is 30.7 Å². The van der Waals surface area contributed by atoms with Gasteiger partial charge in [0.25, 0.3) is 0 Å². The second-order valence-corrected chi connectivity index (χ2v) is 4.29. The van der Waals surface area contributed by atoms with E-state index in [-0.39, 0.29) is 5.82 Å². The Kier molecular flexibility index (Phi) is 2.30. The lowest BCUT2D eigenvalue weighted by atomic mass is 10.1. The molecule has 0 aliphatic carbocycles. The molecule has 1 heterocycles. The van der Waals surface area contributed by atoms with Crippen molar-refractivity contribution >= 4 is 16.7 Å². The monoisotopic (exact) mass is 241 g/mol. The van der Waals surface area contributed by atoms with Crippen molar-refractivity contribution in [1.29, 1.82) is 0 Å². The lowest BCUT2D eigenvalue weighted by Crippen LogP contribution is -1.90. The maximum atomic E-state index is 13.6. The summed E-state index contributed by atoms with van der Waals surface area (Å²) in [5.41, 5.74) is 9.48. The number of para-hydroxylation sites is 1. The quantitative estimate of drug-likeness (QED) is 0.642. The predicted molar refractivity (Wildman–Crippen MR) is 70.6 cm³/mol. The van der Waals surface area contributed by atoms with Crippen molar-refractivity contribution in [3.05, 3.63) is 47.8 Å². The fraction of sp³-hybridized carbons (Fsp3) is 0.0714. The Bertz CT molecular complexity index is 731. The van der Waals surface area contributed by atoms with Crippen LogP contribution in [0.3, 0.4) is 0 Å². The molecule has 3 nitrogen and oxygen atoms in total. The minimum atomic E-state index is -0.324. The largest absolute Gasteiger partial charge is 0.398 e. The van der Waals surface area contributed by atoms with Gasteiger partial charge in [0.15, 0.2) is 5.82 Å². The van der Waals surface area contributed by atoms with E-state index in [0.717, 1.165) is 11.1 Å². The van der Waals surface area contributed by atoms with Gasteiger partial charge in [0.2, 0.25) is 0 Å². The highest BCUT2D eigenvalue weighted by Crippen LogP contribution is 2.24. The van der Waals surface area contributed by atoms with Crippen LogP contribution in [-0.2, 0) is 0 Å². The van der Waals surface area contributed by atoms with Gasteiger partial charge in [0, 0.05) is 11.3 Å². The summed E-state index contributed by atoms with van der Waals surface area (Å²) < 4.78 is 13.6. The van der Waals surface area contributed by atoms with E-state index in [4.69, 9.17) is 5.73 Å². The molecule has 3 rings (SSSR count). The molecule has 90 valence electrons. The van der Waals surface area contributed by atoms with Crippen molar-refractivity contribution in [3.8, 4) is 11.4 Å². The van der Waals surface area contributed by atoms with E-state index in [9.17, 15) is 4.39 Å². The Hall–Kier alpha value is -2.36. The lowest BCUT2D eigenvalue weighted by Gasteiger charge is -2.01. The minimum absolute atomic E-state index is 0.324. The lowest BCUT2D eigenvalue weighted by molar-refractivity contribution is 0.637. The maximum absolute atomic E-state index is 13.6. The SMILES string of the molecule is Cc1ccc(-c2nc3c(F)cccc3[nH]2)cc1N. The molecule has 0 spiro atoms. The average Bonchev–Trinajstić information content (AvgIpc) is 2.78. The summed E-state index contributed by atoms with van der Waals surface area (Å²) in [5, 5.41) is 0. The summed E-state index contributed by atoms with van der Waals surface area (Å²) in [6.07, 6.45) is 0. The van der Waals surface area contributed by atoms with Crippen LogP contribution in [0.4, 0.5) is 10.1 Å². The number of rotatable bonds is 1. The fourth-order valence-electron chi connectivity index (χ4n) is 1.92. The van der Waals surface area contributed by atoms with Gasteiger partial charge in [-0.2, -0.15) is 0 Å². The second kappa shape index (κ2) is 3.84. The van der Waals surface area contributed by atoms with Crippen LogP contribution in [0.25, 0.3) is 22.4 Å². The molecule has 0 saturated heterocycles. The molecule has 0 saturated carbocycles. The highest BCUT2D eigenvalue weighted by molar-refractivity contribution is 5.80. The van der Waals surface area contributed by atoms with Gasteiger partial charge in [-0.1, -0.05) is 18.2 Å². The van der Waals surface area contributed by atoms with Crippen LogP contribution in [0.15, 0.2) is 36.4 Å². The van der Waals surface area contributed by atoms with Gasteiger partial charge in [0.1, 0.15) is 11.3 Å². The molecule has 0 aliphatic heterocycles. The van der Waals surface area contributed by atoms with E-state index >= 15 is 0 Å². The first-order chi connectivity index (χ1) is 8.65. The number of aromatic nitrogens is 2. The van der Waals surface area contributed by atoms with Crippen molar-refractivity contribution in [1.82, 2.24) is 9.97 Å². The highest BCUT2D eigenvalue weighted by Gasteiger charge is 2.09. The van der Waals surface area contributed by atoms with Gasteiger partial charge in [-0.15, -0.1) is 0 Å². The number of halogens is 1. The Labute approximate surface area is 103 Å². The first kappa shape index (κ1) is 10.8. The molecule has 0 atom stereocenters. The van der Waals surface area contributed by atoms with Crippen LogP contribution in [0, 0.1) is 12.7 Å². The van der Waals surface area contributed by atoms with E-state index < -0.39 is 0 Å². The maximum Gasteiger partial charge on any atom is 0.151 e. The molecule has 0 aliphatic rings. The fourth-order valence-corrected chi connectivity index (χ4v) is 1.92. The molecule has 0 bridgehead atoms. The number of hydrogen-bond acceptors (Lipinski definition) is 2. The van der Waals surface area contributed by atoms with Crippen LogP contribution in [0.2, 0.25) is 0 Å². The molecule has 3 N–H and O–H groups in total. The van der Waals surface area contributed by atoms with E-state index in [1.807, 2.05) is 25.1 Å². The number of benzene rings is 2. The van der Waals surface area contributed by atoms with Crippen molar-refractivity contribution in [2.75, 3.05) is 5.73 Å². The summed E-state index contributed by atoms with van der Waals surface area (Å²) in [6.45, 7) is 1.94. The summed E-state index contributed by atoms with van der Waals surface area (Å²) in [5.74, 6) is 0.303. The first-order valence-corrected chi connectivity index (χ1v) is 5.66. The zero-order chi connectivity index (χ0) is 12.7. The van der Waals surface area contributed by atoms with Gasteiger partial charge in [0.05, 0.1) is 5.52 Å². The molecular weight excluding hydrogens is 229 g/mol. The number of hydrogen-bond donors (Lipinski definition) is 2. The summed E-state index contributed by atoms with van der Waals surface area (Å²) in [7, 11) is 0. The molecular formula is C14H12FN3. The van der Waals surface area contributed by atoms with Crippen molar-refractivity contribution in [2.24, 2.45) is 0 Å². The van der Waals surface area contributed by atoms with Crippen molar-refractivity contribution in [3.63, 3.8) is 0 Å². The normalized spacial score (nSPS) is 11.0. The van der Waals surface area contributed by atoms with Crippen LogP contribution in [-0.4, -0.2) is 9.97 Å². The van der Waals surface area contributed by atoms with Crippen molar-refractivity contribution in [2.45, 2.75) is 6.92 Å². The number of H-pyrrole nitrogens is 1. The van der Waals surface area contributed by atoms with Gasteiger partial charge >= 0.3 is 0 Å². The number of fused-ring (bicyclic) bond motifs is 1. The van der Waals surface area contributed by atoms with Gasteiger partial charge < -0.3 is 10.7 Å². The smallest absolute Gasteiger partial charge is 0.151 e. The molecule has 18 heavy (non-hydrogen) atoms. The second-order valence-electron chi connectivity index (χ2n) is 4.29. The third kappa shape index (κ3) is 1.62. The minimum Gasteiger partial charge on any atom is -0.398 e. The molecule has 4 heteroatoms. The van der Waals surface area contributed by atoms with Crippen LogP contribution >= 0.6 is 0 Å². The van der Waals surface area contributed by atoms with Gasteiger partial charge in [-0.25, -0.2) is 9.37 Å². The number of aromatic amines is 1. The predicted octanol–water partition coefficient (Wildman–Crippen LogP) is 3.26. The number of aryl methyl sites for hydroxylation is 1. The number of imidazole rings is 1. The summed E-state index contributed by atoms with van der Waals surface area (Å²) in [6, 6.07) is 10.5. The number of nitrogen functional groups attached to an aromatic ring is 1. The van der Waals surface area contributed by atoms with E-state index in [2.05, 4.69) is 9.97 Å². The molecule has 1 aromatic heterocycles. The standard InChI is InChI=1S/C14H12FN3/c1-8-5-6-9(7-11(8)16)14-17-12-4-2-3-10(15)13(12)18-14/h2-7H,16H2,1H3,(H,17,18). The average molecular weight is 241 g/mol. The molecule has 0 fully saturated rings. The Morgan fingerprint density at radius 3 is 2.78 bits per heavy atom. The van der Waals surface area contributed by atoms with Crippen LogP contribution < -0.4 is 5.73 Å². The third-order valence-electron chi connectivity index (χ3n) is 3.02. The Balaban J connectivity index is 2.19. The van der Waals surface area contributed by atoms with Crippen molar-refractivity contribution < 1.29 is 4.39 Å². The van der Waals surface area contributed by atoms with E-state index in [1.54, 1.807) is 12.1 Å². The topological polar surface area (TPSA) is 54.7 Å². The first-order valence-electron chi connectivity index (χ1n) is 5.66. The molecule has 3 aromatic rings. The molecule has 2 aromatic carbocycles. The summed E-state index contributed by atoms with van der Waals surface area (Å²) >= 11 is 0. The molecule has 0 radical (unpaired) electrons. The zero-order valence-corrected chi connectivity index (χ0v) is 9.87. The zero-order valence-electron chi connectivity index (χ0n) is 9.87. The number of nitrogens with two attached hydrogens (primary N) is 1. The number of anilines is 1. The molecule has 0 unspecified atom stereocenters. The third-order valence-corrected chi connectivity index (χ3v) is 3.02. The van der Waals surface area contributed by atoms with Crippen LogP contribution in [0.5, 0.6) is 0 Å². The summed E-state index contributed by atoms with van der Waals surface area (Å²) in [4.78, 5) is 7.36. The van der Waals surface area contributed by atoms with Gasteiger partial charge in [-0.3, -0.25) is 0 Å².